The molecule has 1 aliphatic carbocycles. The molecule has 0 saturated carbocycles. The van der Waals surface area contributed by atoms with Crippen molar-refractivity contribution >= 4 is 18.4 Å². The number of nitrogens with zero attached hydrogens (tertiary/aromatic N) is 1. The zero-order chi connectivity index (χ0) is 18.1. The van der Waals surface area contributed by atoms with Crippen LogP contribution in [0, 0.1) is 5.92 Å². The molecular weight excluding hydrogens is 342 g/mol. The summed E-state index contributed by atoms with van der Waals surface area (Å²) in [7, 11) is 0. The van der Waals surface area contributed by atoms with Crippen LogP contribution in [0.15, 0.2) is 53.4 Å². The predicted octanol–water partition coefficient (Wildman–Crippen LogP) is 3.40. The highest BCUT2D eigenvalue weighted by atomic mass is 32.1. The van der Waals surface area contributed by atoms with Gasteiger partial charge in [0.05, 0.1) is 6.10 Å². The Hall–Kier alpha value is -1.62. The monoisotopic (exact) mass is 367 g/mol. The minimum atomic E-state index is -0.319. The van der Waals surface area contributed by atoms with E-state index in [1.165, 1.54) is 11.1 Å². The van der Waals surface area contributed by atoms with E-state index in [1.807, 2.05) is 30.3 Å². The molecular formula is C22H25NO2S. The van der Waals surface area contributed by atoms with Crippen molar-refractivity contribution < 1.29 is 9.90 Å². The van der Waals surface area contributed by atoms with Crippen LogP contribution >= 0.6 is 12.6 Å². The van der Waals surface area contributed by atoms with Gasteiger partial charge in [0.1, 0.15) is 0 Å². The summed E-state index contributed by atoms with van der Waals surface area (Å²) in [6.45, 7) is 1.76. The van der Waals surface area contributed by atoms with Crippen molar-refractivity contribution in [2.24, 2.45) is 5.92 Å². The molecule has 2 aromatic rings. The van der Waals surface area contributed by atoms with Crippen LogP contribution in [0.2, 0.25) is 0 Å². The lowest BCUT2D eigenvalue weighted by Gasteiger charge is -2.41. The number of likely N-dealkylation sites (tertiary alicyclic amines) is 1. The molecule has 4 rings (SSSR count). The predicted molar refractivity (Wildman–Crippen MR) is 106 cm³/mol. The topological polar surface area (TPSA) is 40.5 Å². The Morgan fingerprint density at radius 3 is 2.23 bits per heavy atom. The first kappa shape index (κ1) is 17.8. The van der Waals surface area contributed by atoms with Gasteiger partial charge in [-0.2, -0.15) is 0 Å². The van der Waals surface area contributed by atoms with E-state index in [9.17, 15) is 9.90 Å². The van der Waals surface area contributed by atoms with Gasteiger partial charge in [-0.05, 0) is 55.6 Å². The van der Waals surface area contributed by atoms with E-state index in [4.69, 9.17) is 0 Å². The van der Waals surface area contributed by atoms with Crippen molar-refractivity contribution in [3.05, 3.63) is 65.2 Å². The number of piperidine rings is 1. The summed E-state index contributed by atoms with van der Waals surface area (Å²) in [5.74, 6) is 0.331. The van der Waals surface area contributed by atoms with Crippen LogP contribution in [0.25, 0.3) is 0 Å². The van der Waals surface area contributed by atoms with E-state index < -0.39 is 0 Å². The normalized spacial score (nSPS) is 24.2. The molecule has 1 saturated heterocycles. The molecule has 0 amide bonds. The summed E-state index contributed by atoms with van der Waals surface area (Å²) >= 11 is 4.28. The summed E-state index contributed by atoms with van der Waals surface area (Å²) in [5.41, 5.74) is 3.41. The molecule has 4 heteroatoms. The number of hydrogen-bond acceptors (Lipinski definition) is 4. The Kier molecular flexibility index (Phi) is 5.16. The van der Waals surface area contributed by atoms with Crippen LogP contribution in [0.1, 0.15) is 34.3 Å². The first-order valence-corrected chi connectivity index (χ1v) is 9.88. The third-order valence-corrected chi connectivity index (χ3v) is 6.24. The molecule has 0 bridgehead atoms. The summed E-state index contributed by atoms with van der Waals surface area (Å²) in [4.78, 5) is 16.0. The number of benzene rings is 2. The van der Waals surface area contributed by atoms with Crippen molar-refractivity contribution in [3.8, 4) is 0 Å². The van der Waals surface area contributed by atoms with Gasteiger partial charge in [-0.25, -0.2) is 0 Å². The molecule has 2 aromatic carbocycles. The lowest BCUT2D eigenvalue weighted by molar-refractivity contribution is 0.0239. The van der Waals surface area contributed by atoms with Gasteiger partial charge in [-0.3, -0.25) is 9.69 Å². The molecule has 0 radical (unpaired) electrons. The number of fused-ring (bicyclic) bond motifs is 1. The zero-order valence-electron chi connectivity index (χ0n) is 14.8. The molecule has 1 fully saturated rings. The number of aliphatic hydroxyl groups excluding tert-OH is 1. The van der Waals surface area contributed by atoms with E-state index in [0.29, 0.717) is 0 Å². The van der Waals surface area contributed by atoms with Gasteiger partial charge in [0.15, 0.2) is 5.78 Å². The molecule has 2 atom stereocenters. The van der Waals surface area contributed by atoms with Crippen LogP contribution in [0.5, 0.6) is 0 Å². The van der Waals surface area contributed by atoms with E-state index in [-0.39, 0.29) is 23.8 Å². The fraction of sp³-hybridized carbons (Fsp3) is 0.409. The third kappa shape index (κ3) is 3.59. The SMILES string of the molecule is O=C(c1ccc(S)cc1)C1CCN([C@@H]2Cc3ccccc3C[C@H]2O)CC1. The highest BCUT2D eigenvalue weighted by Crippen LogP contribution is 2.29. The van der Waals surface area contributed by atoms with Crippen molar-refractivity contribution in [2.75, 3.05) is 13.1 Å². The number of thiol groups is 1. The molecule has 0 aromatic heterocycles. The first-order valence-electron chi connectivity index (χ1n) is 9.44. The van der Waals surface area contributed by atoms with Gasteiger partial charge in [0.25, 0.3) is 0 Å². The highest BCUT2D eigenvalue weighted by Gasteiger charge is 2.35. The average Bonchev–Trinajstić information content (AvgIpc) is 2.68. The van der Waals surface area contributed by atoms with Crippen molar-refractivity contribution in [2.45, 2.75) is 42.7 Å². The van der Waals surface area contributed by atoms with Gasteiger partial charge >= 0.3 is 0 Å². The Morgan fingerprint density at radius 2 is 1.58 bits per heavy atom. The van der Waals surface area contributed by atoms with Crippen LogP contribution < -0.4 is 0 Å². The summed E-state index contributed by atoms with van der Waals surface area (Å²) in [6, 6.07) is 16.1. The maximum Gasteiger partial charge on any atom is 0.166 e. The molecule has 3 nitrogen and oxygen atoms in total. The summed E-state index contributed by atoms with van der Waals surface area (Å²) in [5, 5.41) is 10.6. The Morgan fingerprint density at radius 1 is 0.962 bits per heavy atom. The Labute approximate surface area is 160 Å². The largest absolute Gasteiger partial charge is 0.391 e. The number of aliphatic hydroxyl groups is 1. The molecule has 2 aliphatic rings. The second-order valence-corrected chi connectivity index (χ2v) is 8.05. The number of ketones is 1. The molecule has 1 N–H and O–H groups in total. The smallest absolute Gasteiger partial charge is 0.166 e. The lowest BCUT2D eigenvalue weighted by atomic mass is 9.83. The van der Waals surface area contributed by atoms with Crippen LogP contribution in [-0.4, -0.2) is 41.0 Å². The second-order valence-electron chi connectivity index (χ2n) is 7.53. The molecule has 0 unspecified atom stereocenters. The number of Topliss-reactive ketones (excluding diaryl/α,β-unsaturated/α-hetero) is 1. The van der Waals surface area contributed by atoms with Gasteiger partial charge in [-0.1, -0.05) is 36.4 Å². The molecule has 1 aliphatic heterocycles. The standard InChI is InChI=1S/C22H25NO2S/c24-21-14-18-4-2-1-3-17(18)13-20(21)23-11-9-16(10-12-23)22(25)15-5-7-19(26)8-6-15/h1-8,16,20-21,24,26H,9-14H2/t20-,21-/m1/s1. The van der Waals surface area contributed by atoms with Gasteiger partial charge < -0.3 is 5.11 Å². The number of carbonyl (C=O) groups excluding carboxylic acids is 1. The Balaban J connectivity index is 1.39. The summed E-state index contributed by atoms with van der Waals surface area (Å²) in [6.07, 6.45) is 3.05. The number of carbonyl (C=O) groups is 1. The maximum atomic E-state index is 12.7. The lowest BCUT2D eigenvalue weighted by Crippen LogP contribution is -2.51. The fourth-order valence-corrected chi connectivity index (χ4v) is 4.55. The molecule has 136 valence electrons. The highest BCUT2D eigenvalue weighted by molar-refractivity contribution is 7.80. The number of rotatable bonds is 3. The van der Waals surface area contributed by atoms with Gasteiger partial charge in [0, 0.05) is 28.8 Å². The number of hydrogen-bond donors (Lipinski definition) is 2. The molecule has 0 spiro atoms. The van der Waals surface area contributed by atoms with Crippen molar-refractivity contribution in [1.82, 2.24) is 4.90 Å². The van der Waals surface area contributed by atoms with E-state index >= 15 is 0 Å². The van der Waals surface area contributed by atoms with Crippen LogP contribution in [-0.2, 0) is 12.8 Å². The van der Waals surface area contributed by atoms with Crippen LogP contribution in [0.3, 0.4) is 0 Å². The fourth-order valence-electron chi connectivity index (χ4n) is 4.41. The van der Waals surface area contributed by atoms with Gasteiger partial charge in [0.2, 0.25) is 0 Å². The third-order valence-electron chi connectivity index (χ3n) is 5.94. The van der Waals surface area contributed by atoms with Gasteiger partial charge in [-0.15, -0.1) is 12.6 Å². The van der Waals surface area contributed by atoms with Crippen molar-refractivity contribution in [1.29, 1.82) is 0 Å². The zero-order valence-corrected chi connectivity index (χ0v) is 15.7. The second kappa shape index (κ2) is 7.55. The van der Waals surface area contributed by atoms with E-state index in [1.54, 1.807) is 0 Å². The minimum Gasteiger partial charge on any atom is -0.391 e. The van der Waals surface area contributed by atoms with E-state index in [2.05, 4.69) is 35.7 Å². The van der Waals surface area contributed by atoms with Crippen LogP contribution in [0.4, 0.5) is 0 Å². The van der Waals surface area contributed by atoms with E-state index in [0.717, 1.165) is 49.2 Å². The summed E-state index contributed by atoms with van der Waals surface area (Å²) < 4.78 is 0. The van der Waals surface area contributed by atoms with Crippen molar-refractivity contribution in [3.63, 3.8) is 0 Å². The molecule has 26 heavy (non-hydrogen) atoms. The Bertz CT molecular complexity index is 781. The molecule has 1 heterocycles. The average molecular weight is 368 g/mol. The minimum absolute atomic E-state index is 0.0880. The maximum absolute atomic E-state index is 12.7. The first-order chi connectivity index (χ1) is 12.6. The quantitative estimate of drug-likeness (QED) is 0.645.